The van der Waals surface area contributed by atoms with Gasteiger partial charge in [0.15, 0.2) is 11.5 Å². The fourth-order valence-corrected chi connectivity index (χ4v) is 3.13. The van der Waals surface area contributed by atoms with Gasteiger partial charge in [-0.3, -0.25) is 9.78 Å². The van der Waals surface area contributed by atoms with E-state index in [9.17, 15) is 4.79 Å². The summed E-state index contributed by atoms with van der Waals surface area (Å²) in [6.07, 6.45) is 5.05. The number of carbonyl (C=O) groups is 1. The van der Waals surface area contributed by atoms with E-state index in [2.05, 4.69) is 20.3 Å². The summed E-state index contributed by atoms with van der Waals surface area (Å²) in [4.78, 5) is 25.6. The van der Waals surface area contributed by atoms with Crippen LogP contribution in [0.4, 0.5) is 5.69 Å². The van der Waals surface area contributed by atoms with Crippen molar-refractivity contribution < 1.29 is 19.0 Å². The van der Waals surface area contributed by atoms with E-state index in [0.29, 0.717) is 34.2 Å². The van der Waals surface area contributed by atoms with Crippen molar-refractivity contribution >= 4 is 11.6 Å². The topological polar surface area (TPSA) is 95.5 Å². The number of carbonyl (C=O) groups excluding carboxylic acids is 1. The molecule has 4 aromatic rings. The molecule has 2 aromatic carbocycles. The van der Waals surface area contributed by atoms with Gasteiger partial charge in [-0.15, -0.1) is 0 Å². The van der Waals surface area contributed by atoms with Crippen molar-refractivity contribution in [2.75, 3.05) is 19.5 Å². The van der Waals surface area contributed by atoms with Crippen molar-refractivity contribution in [1.29, 1.82) is 0 Å². The van der Waals surface area contributed by atoms with Crippen LogP contribution in [0.3, 0.4) is 0 Å². The molecule has 33 heavy (non-hydrogen) atoms. The SMILES string of the molecule is COc1ccc(C(=O)Nc2ccc(C)c(Oc3nccc(-c4cccnc4)n3)c2)cc1OC. The Hall–Kier alpha value is -4.46. The third-order valence-electron chi connectivity index (χ3n) is 4.88. The lowest BCUT2D eigenvalue weighted by Crippen LogP contribution is -2.12. The Bertz CT molecular complexity index is 1280. The normalized spacial score (nSPS) is 10.4. The molecular formula is C25H22N4O4. The Morgan fingerprint density at radius 3 is 2.52 bits per heavy atom. The van der Waals surface area contributed by atoms with Crippen molar-refractivity contribution in [1.82, 2.24) is 15.0 Å². The highest BCUT2D eigenvalue weighted by molar-refractivity contribution is 6.04. The van der Waals surface area contributed by atoms with Crippen LogP contribution >= 0.6 is 0 Å². The molecule has 0 aliphatic heterocycles. The molecule has 0 radical (unpaired) electrons. The van der Waals surface area contributed by atoms with Gasteiger partial charge in [-0.25, -0.2) is 4.98 Å². The number of hydrogen-bond acceptors (Lipinski definition) is 7. The van der Waals surface area contributed by atoms with Crippen LogP contribution in [0.25, 0.3) is 11.3 Å². The molecule has 0 spiro atoms. The number of nitrogens with zero attached hydrogens (tertiary/aromatic N) is 3. The highest BCUT2D eigenvalue weighted by Crippen LogP contribution is 2.30. The van der Waals surface area contributed by atoms with Gasteiger partial charge in [-0.1, -0.05) is 6.07 Å². The van der Waals surface area contributed by atoms with Crippen molar-refractivity contribution in [3.05, 3.63) is 84.3 Å². The predicted octanol–water partition coefficient (Wildman–Crippen LogP) is 4.91. The molecule has 0 aliphatic carbocycles. The van der Waals surface area contributed by atoms with Crippen molar-refractivity contribution in [3.63, 3.8) is 0 Å². The van der Waals surface area contributed by atoms with Gasteiger partial charge in [0, 0.05) is 41.5 Å². The van der Waals surface area contributed by atoms with E-state index in [1.54, 1.807) is 62.1 Å². The lowest BCUT2D eigenvalue weighted by atomic mass is 10.1. The number of hydrogen-bond donors (Lipinski definition) is 1. The zero-order valence-electron chi connectivity index (χ0n) is 18.4. The van der Waals surface area contributed by atoms with Crippen LogP contribution in [0.15, 0.2) is 73.2 Å². The first-order chi connectivity index (χ1) is 16.1. The summed E-state index contributed by atoms with van der Waals surface area (Å²) in [6.45, 7) is 1.90. The van der Waals surface area contributed by atoms with Gasteiger partial charge in [0.1, 0.15) is 5.75 Å². The van der Waals surface area contributed by atoms with Crippen LogP contribution in [0.2, 0.25) is 0 Å². The highest BCUT2D eigenvalue weighted by Gasteiger charge is 2.13. The van der Waals surface area contributed by atoms with Gasteiger partial charge in [0.2, 0.25) is 0 Å². The molecule has 2 aromatic heterocycles. The summed E-state index contributed by atoms with van der Waals surface area (Å²) in [5.41, 5.74) is 3.43. The van der Waals surface area contributed by atoms with E-state index in [-0.39, 0.29) is 11.9 Å². The van der Waals surface area contributed by atoms with Crippen LogP contribution in [0.1, 0.15) is 15.9 Å². The first-order valence-electron chi connectivity index (χ1n) is 10.1. The summed E-state index contributed by atoms with van der Waals surface area (Å²) in [7, 11) is 3.07. The number of amides is 1. The van der Waals surface area contributed by atoms with Gasteiger partial charge in [-0.05, 0) is 55.0 Å². The number of benzene rings is 2. The Labute approximate surface area is 191 Å². The number of pyridine rings is 1. The minimum atomic E-state index is -0.291. The molecule has 0 saturated heterocycles. The Kier molecular flexibility index (Phi) is 6.45. The van der Waals surface area contributed by atoms with E-state index in [1.807, 2.05) is 25.1 Å². The first-order valence-corrected chi connectivity index (χ1v) is 10.1. The standard InChI is InChI=1S/C25H22N4O4/c1-16-6-8-19(28-24(30)17-7-9-21(31-2)23(13-17)32-3)14-22(16)33-25-27-12-10-20(29-25)18-5-4-11-26-15-18/h4-15H,1-3H3,(H,28,30). The number of rotatable bonds is 7. The van der Waals surface area contributed by atoms with E-state index in [4.69, 9.17) is 14.2 Å². The molecule has 4 rings (SSSR count). The fraction of sp³-hybridized carbons (Fsp3) is 0.120. The summed E-state index contributed by atoms with van der Waals surface area (Å²) in [6, 6.07) is 16.1. The molecule has 0 unspecified atom stereocenters. The largest absolute Gasteiger partial charge is 0.493 e. The van der Waals surface area contributed by atoms with Crippen molar-refractivity contribution in [3.8, 4) is 34.5 Å². The number of methoxy groups -OCH3 is 2. The number of aryl methyl sites for hydroxylation is 1. The maximum Gasteiger partial charge on any atom is 0.322 e. The van der Waals surface area contributed by atoms with E-state index < -0.39 is 0 Å². The molecule has 0 saturated carbocycles. The third-order valence-corrected chi connectivity index (χ3v) is 4.88. The maximum atomic E-state index is 12.8. The molecule has 0 bridgehead atoms. The summed E-state index contributed by atoms with van der Waals surface area (Å²) < 4.78 is 16.4. The van der Waals surface area contributed by atoms with Crippen LogP contribution in [-0.4, -0.2) is 35.1 Å². The van der Waals surface area contributed by atoms with Crippen LogP contribution < -0.4 is 19.5 Å². The second-order valence-electron chi connectivity index (χ2n) is 7.07. The van der Waals surface area contributed by atoms with Gasteiger partial charge in [0.25, 0.3) is 5.91 Å². The Balaban J connectivity index is 1.53. The zero-order valence-corrected chi connectivity index (χ0v) is 18.4. The minimum absolute atomic E-state index is 0.197. The van der Waals surface area contributed by atoms with Crippen molar-refractivity contribution in [2.24, 2.45) is 0 Å². The molecular weight excluding hydrogens is 420 g/mol. The molecule has 0 fully saturated rings. The smallest absolute Gasteiger partial charge is 0.322 e. The Morgan fingerprint density at radius 1 is 0.909 bits per heavy atom. The van der Waals surface area contributed by atoms with E-state index in [1.165, 1.54) is 7.11 Å². The number of nitrogens with one attached hydrogen (secondary N) is 1. The average molecular weight is 442 g/mol. The average Bonchev–Trinajstić information content (AvgIpc) is 2.86. The lowest BCUT2D eigenvalue weighted by molar-refractivity contribution is 0.102. The van der Waals surface area contributed by atoms with Gasteiger partial charge < -0.3 is 19.5 Å². The molecule has 8 heteroatoms. The molecule has 166 valence electrons. The maximum absolute atomic E-state index is 12.8. The first kappa shape index (κ1) is 21.8. The number of aromatic nitrogens is 3. The van der Waals surface area contributed by atoms with E-state index >= 15 is 0 Å². The summed E-state index contributed by atoms with van der Waals surface area (Å²) in [5.74, 6) is 1.27. The number of anilines is 1. The quantitative estimate of drug-likeness (QED) is 0.434. The van der Waals surface area contributed by atoms with Crippen molar-refractivity contribution in [2.45, 2.75) is 6.92 Å². The third kappa shape index (κ3) is 5.07. The monoisotopic (exact) mass is 442 g/mol. The number of ether oxygens (including phenoxy) is 3. The summed E-state index contributed by atoms with van der Waals surface area (Å²) in [5, 5.41) is 2.87. The lowest BCUT2D eigenvalue weighted by Gasteiger charge is -2.12. The predicted molar refractivity (Wildman–Crippen MR) is 124 cm³/mol. The fourth-order valence-electron chi connectivity index (χ4n) is 3.13. The minimum Gasteiger partial charge on any atom is -0.493 e. The second-order valence-corrected chi connectivity index (χ2v) is 7.07. The molecule has 0 atom stereocenters. The molecule has 2 heterocycles. The van der Waals surface area contributed by atoms with Gasteiger partial charge in [-0.2, -0.15) is 4.98 Å². The van der Waals surface area contributed by atoms with Gasteiger partial charge in [0.05, 0.1) is 19.9 Å². The second kappa shape index (κ2) is 9.78. The van der Waals surface area contributed by atoms with Crippen LogP contribution in [0, 0.1) is 6.92 Å². The Morgan fingerprint density at radius 2 is 1.76 bits per heavy atom. The molecule has 0 aliphatic rings. The van der Waals surface area contributed by atoms with E-state index in [0.717, 1.165) is 11.1 Å². The molecule has 1 amide bonds. The van der Waals surface area contributed by atoms with Crippen LogP contribution in [-0.2, 0) is 0 Å². The van der Waals surface area contributed by atoms with Crippen LogP contribution in [0.5, 0.6) is 23.3 Å². The molecule has 8 nitrogen and oxygen atoms in total. The van der Waals surface area contributed by atoms with Gasteiger partial charge >= 0.3 is 6.01 Å². The molecule has 1 N–H and O–H groups in total. The zero-order chi connectivity index (χ0) is 23.2. The highest BCUT2D eigenvalue weighted by atomic mass is 16.5. The summed E-state index contributed by atoms with van der Waals surface area (Å²) >= 11 is 0.